The summed E-state index contributed by atoms with van der Waals surface area (Å²) in [6.07, 6.45) is 4.40. The summed E-state index contributed by atoms with van der Waals surface area (Å²) in [6.45, 7) is 3.75. The average Bonchev–Trinajstić information content (AvgIpc) is 3.25. The van der Waals surface area contributed by atoms with E-state index in [0.717, 1.165) is 27.5 Å². The van der Waals surface area contributed by atoms with E-state index < -0.39 is 5.41 Å². The smallest absolute Gasteiger partial charge is 0.234 e. The molecule has 0 fully saturated rings. The Morgan fingerprint density at radius 3 is 2.79 bits per heavy atom. The highest BCUT2D eigenvalue weighted by molar-refractivity contribution is 7.13. The molecule has 142 valence electrons. The van der Waals surface area contributed by atoms with Gasteiger partial charge in [0, 0.05) is 41.1 Å². The van der Waals surface area contributed by atoms with E-state index in [-0.39, 0.29) is 11.8 Å². The maximum absolute atomic E-state index is 12.4. The number of aromatic nitrogens is 2. The number of rotatable bonds is 5. The Morgan fingerprint density at radius 2 is 2.00 bits per heavy atom. The van der Waals surface area contributed by atoms with Crippen molar-refractivity contribution in [2.75, 3.05) is 10.6 Å². The minimum Gasteiger partial charge on any atom is -0.326 e. The van der Waals surface area contributed by atoms with Crippen LogP contribution < -0.4 is 10.6 Å². The molecule has 1 aliphatic heterocycles. The quantitative estimate of drug-likeness (QED) is 0.687. The molecule has 0 atom stereocenters. The number of hydrogen-bond acceptors (Lipinski definition) is 5. The van der Waals surface area contributed by atoms with Crippen LogP contribution >= 0.6 is 11.3 Å². The molecule has 2 amide bonds. The molecular weight excluding hydrogens is 372 g/mol. The van der Waals surface area contributed by atoms with Crippen LogP contribution in [0.4, 0.5) is 11.4 Å². The van der Waals surface area contributed by atoms with E-state index in [0.29, 0.717) is 18.5 Å². The van der Waals surface area contributed by atoms with Crippen LogP contribution in [-0.4, -0.2) is 21.8 Å². The number of hydrogen-bond donors (Lipinski definition) is 2. The van der Waals surface area contributed by atoms with Gasteiger partial charge in [-0.1, -0.05) is 0 Å². The molecule has 0 saturated carbocycles. The fourth-order valence-electron chi connectivity index (χ4n) is 3.16. The van der Waals surface area contributed by atoms with Crippen molar-refractivity contribution in [1.82, 2.24) is 9.97 Å². The van der Waals surface area contributed by atoms with Crippen LogP contribution in [0.3, 0.4) is 0 Å². The second-order valence-corrected chi connectivity index (χ2v) is 8.13. The van der Waals surface area contributed by atoms with E-state index in [1.165, 1.54) is 0 Å². The van der Waals surface area contributed by atoms with Gasteiger partial charge in [-0.2, -0.15) is 0 Å². The van der Waals surface area contributed by atoms with Gasteiger partial charge < -0.3 is 10.6 Å². The van der Waals surface area contributed by atoms with Crippen molar-refractivity contribution < 1.29 is 9.59 Å². The molecule has 0 saturated heterocycles. The summed E-state index contributed by atoms with van der Waals surface area (Å²) < 4.78 is 0. The van der Waals surface area contributed by atoms with Crippen LogP contribution in [0.5, 0.6) is 0 Å². The van der Waals surface area contributed by atoms with E-state index in [1.54, 1.807) is 23.7 Å². The molecule has 6 nitrogen and oxygen atoms in total. The summed E-state index contributed by atoms with van der Waals surface area (Å²) in [4.78, 5) is 33.0. The van der Waals surface area contributed by atoms with Gasteiger partial charge in [0.25, 0.3) is 0 Å². The second-order valence-electron chi connectivity index (χ2n) is 7.27. The number of nitrogens with one attached hydrogen (secondary N) is 2. The van der Waals surface area contributed by atoms with E-state index in [9.17, 15) is 9.59 Å². The predicted molar refractivity (Wildman–Crippen MR) is 110 cm³/mol. The molecule has 28 heavy (non-hydrogen) atoms. The fourth-order valence-corrected chi connectivity index (χ4v) is 4.02. The van der Waals surface area contributed by atoms with E-state index in [1.807, 2.05) is 49.6 Å². The molecule has 1 aliphatic rings. The third-order valence-corrected chi connectivity index (χ3v) is 5.82. The molecule has 3 heterocycles. The standard InChI is InChI=1S/C21H20N4O2S/c1-21(2)16-11-14(3-5-17(16)25-20(21)27)23-18(26)6-4-15-12-28-19(24-15)13-7-9-22-10-8-13/h3,5,7-12H,4,6H2,1-2H3,(H,23,26)(H,25,27). The van der Waals surface area contributed by atoms with E-state index in [2.05, 4.69) is 20.6 Å². The van der Waals surface area contributed by atoms with E-state index >= 15 is 0 Å². The van der Waals surface area contributed by atoms with Crippen molar-refractivity contribution >= 4 is 34.5 Å². The number of fused-ring (bicyclic) bond motifs is 1. The molecule has 1 aromatic carbocycles. The van der Waals surface area contributed by atoms with Gasteiger partial charge in [0.05, 0.1) is 11.1 Å². The third-order valence-electron chi connectivity index (χ3n) is 4.88. The number of aryl methyl sites for hydroxylation is 1. The van der Waals surface area contributed by atoms with E-state index in [4.69, 9.17) is 0 Å². The van der Waals surface area contributed by atoms with Gasteiger partial charge in [-0.15, -0.1) is 11.3 Å². The maximum Gasteiger partial charge on any atom is 0.234 e. The van der Waals surface area contributed by atoms with Gasteiger partial charge in [-0.25, -0.2) is 4.98 Å². The van der Waals surface area contributed by atoms with Crippen molar-refractivity contribution in [3.63, 3.8) is 0 Å². The molecule has 2 N–H and O–H groups in total. The SMILES string of the molecule is CC1(C)C(=O)Nc2ccc(NC(=O)CCc3csc(-c4ccncc4)n3)cc21. The summed E-state index contributed by atoms with van der Waals surface area (Å²) in [6, 6.07) is 9.35. The Bertz CT molecular complexity index is 1040. The molecule has 0 radical (unpaired) electrons. The number of nitrogens with zero attached hydrogens (tertiary/aromatic N) is 2. The van der Waals surface area contributed by atoms with Crippen molar-refractivity contribution in [2.24, 2.45) is 0 Å². The number of thiazole rings is 1. The second kappa shape index (κ2) is 7.16. The van der Waals surface area contributed by atoms with Gasteiger partial charge in [0.1, 0.15) is 5.01 Å². The van der Waals surface area contributed by atoms with Crippen LogP contribution in [0, 0.1) is 0 Å². The number of carbonyl (C=O) groups is 2. The van der Waals surface area contributed by atoms with Crippen molar-refractivity contribution in [1.29, 1.82) is 0 Å². The maximum atomic E-state index is 12.4. The minimum absolute atomic E-state index is 0.0282. The molecule has 7 heteroatoms. The Morgan fingerprint density at radius 1 is 1.21 bits per heavy atom. The largest absolute Gasteiger partial charge is 0.326 e. The number of anilines is 2. The summed E-state index contributed by atoms with van der Waals surface area (Å²) in [5, 5.41) is 8.70. The molecule has 0 bridgehead atoms. The van der Waals surface area contributed by atoms with Crippen LogP contribution in [0.15, 0.2) is 48.1 Å². The lowest BCUT2D eigenvalue weighted by Gasteiger charge is -2.16. The summed E-state index contributed by atoms with van der Waals surface area (Å²) in [7, 11) is 0. The third kappa shape index (κ3) is 3.53. The first kappa shape index (κ1) is 18.3. The molecule has 2 aromatic heterocycles. The summed E-state index contributed by atoms with van der Waals surface area (Å²) in [5.41, 5.74) is 3.73. The zero-order valence-electron chi connectivity index (χ0n) is 15.7. The number of benzene rings is 1. The molecule has 0 unspecified atom stereocenters. The van der Waals surface area contributed by atoms with Crippen molar-refractivity contribution in [3.05, 3.63) is 59.4 Å². The van der Waals surface area contributed by atoms with Crippen molar-refractivity contribution in [2.45, 2.75) is 32.1 Å². The van der Waals surface area contributed by atoms with Gasteiger partial charge in [0.2, 0.25) is 11.8 Å². The highest BCUT2D eigenvalue weighted by Crippen LogP contribution is 2.38. The van der Waals surface area contributed by atoms with Crippen LogP contribution in [0.25, 0.3) is 10.6 Å². The monoisotopic (exact) mass is 392 g/mol. The lowest BCUT2D eigenvalue weighted by Crippen LogP contribution is -2.26. The highest BCUT2D eigenvalue weighted by Gasteiger charge is 2.38. The predicted octanol–water partition coefficient (Wildman–Crippen LogP) is 4.01. The topological polar surface area (TPSA) is 84.0 Å². The Kier molecular flexibility index (Phi) is 4.68. The average molecular weight is 392 g/mol. The van der Waals surface area contributed by atoms with Crippen LogP contribution in [-0.2, 0) is 21.4 Å². The summed E-state index contributed by atoms with van der Waals surface area (Å²) >= 11 is 1.56. The first-order chi connectivity index (χ1) is 13.4. The molecule has 4 rings (SSSR count). The van der Waals surface area contributed by atoms with Crippen molar-refractivity contribution in [3.8, 4) is 10.6 Å². The Balaban J connectivity index is 1.38. The zero-order valence-corrected chi connectivity index (χ0v) is 16.5. The summed E-state index contributed by atoms with van der Waals surface area (Å²) in [5.74, 6) is -0.104. The highest BCUT2D eigenvalue weighted by atomic mass is 32.1. The zero-order chi connectivity index (χ0) is 19.7. The number of pyridine rings is 1. The van der Waals surface area contributed by atoms with Gasteiger partial charge >= 0.3 is 0 Å². The van der Waals surface area contributed by atoms with Gasteiger partial charge in [0.15, 0.2) is 0 Å². The first-order valence-electron chi connectivity index (χ1n) is 9.04. The lowest BCUT2D eigenvalue weighted by atomic mass is 9.86. The van der Waals surface area contributed by atoms with Gasteiger partial charge in [-0.05, 0) is 56.2 Å². The Labute approximate surface area is 167 Å². The molecule has 0 spiro atoms. The van der Waals surface area contributed by atoms with Gasteiger partial charge in [-0.3, -0.25) is 14.6 Å². The molecular formula is C21H20N4O2S. The normalized spacial score (nSPS) is 14.4. The minimum atomic E-state index is -0.597. The first-order valence-corrected chi connectivity index (χ1v) is 9.92. The Hall–Kier alpha value is -3.06. The molecule has 3 aromatic rings. The lowest BCUT2D eigenvalue weighted by molar-refractivity contribution is -0.119. The molecule has 0 aliphatic carbocycles. The van der Waals surface area contributed by atoms with Crippen LogP contribution in [0.2, 0.25) is 0 Å². The number of amides is 2. The number of carbonyl (C=O) groups excluding carboxylic acids is 2. The van der Waals surface area contributed by atoms with Crippen LogP contribution in [0.1, 0.15) is 31.5 Å². The fraction of sp³-hybridized carbons (Fsp3) is 0.238.